The third-order valence-corrected chi connectivity index (χ3v) is 8.99. The highest BCUT2D eigenvalue weighted by atomic mass is 28.4. The molecule has 0 spiro atoms. The van der Waals surface area contributed by atoms with Crippen molar-refractivity contribution in [2.75, 3.05) is 26.4 Å². The van der Waals surface area contributed by atoms with Crippen molar-refractivity contribution in [2.45, 2.75) is 92.7 Å². The zero-order chi connectivity index (χ0) is 38.1. The van der Waals surface area contributed by atoms with E-state index in [1.807, 2.05) is 0 Å². The van der Waals surface area contributed by atoms with Crippen LogP contribution in [0.1, 0.15) is 27.2 Å². The van der Waals surface area contributed by atoms with E-state index in [0.717, 1.165) is 5.32 Å². The van der Waals surface area contributed by atoms with E-state index in [9.17, 15) is 97.0 Å². The number of hydrogen-bond acceptors (Lipinski definition) is 4. The molecule has 0 unspecified atom stereocenters. The number of carbonyl (C=O) groups is 1. The molecule has 0 aromatic rings. The molecule has 0 aliphatic heterocycles. The molecule has 0 atom stereocenters. The van der Waals surface area contributed by atoms with Gasteiger partial charge in [0.15, 0.2) is 0 Å². The second kappa shape index (κ2) is 13.8. The average molecular weight is 767 g/mol. The summed E-state index contributed by atoms with van der Waals surface area (Å²) in [5.41, 5.74) is 0. The van der Waals surface area contributed by atoms with Gasteiger partial charge in [-0.1, -0.05) is 0 Å². The number of hydrogen-bond donors (Lipinski definition) is 1. The first-order valence-electron chi connectivity index (χ1n) is 12.2. The molecule has 0 aromatic carbocycles. The van der Waals surface area contributed by atoms with Crippen molar-refractivity contribution in [1.29, 1.82) is 0 Å². The first-order valence-corrected chi connectivity index (χ1v) is 14.2. The lowest BCUT2D eigenvalue weighted by atomic mass is 9.86. The van der Waals surface area contributed by atoms with Gasteiger partial charge in [-0.3, -0.25) is 4.79 Å². The van der Waals surface area contributed by atoms with E-state index < -0.39 is 93.2 Å². The van der Waals surface area contributed by atoms with Gasteiger partial charge in [0.1, 0.15) is 0 Å². The molecule has 0 radical (unpaired) electrons. The Hall–Kier alpha value is -1.90. The van der Waals surface area contributed by atoms with Gasteiger partial charge in [-0.2, -0.15) is 92.2 Å². The van der Waals surface area contributed by atoms with Gasteiger partial charge in [0.05, 0.1) is 0 Å². The minimum atomic E-state index is -9.28. The SMILES string of the molecule is CCO[Si](CCCNC(=O)C(F)(F)C(F)(F)C(F)(F)C(F)(F)C(F)(F)C(F)(F)C(F)(F)C(F)(F)C(F)(F)C(F)(F)F)(OCC)OCC. The fourth-order valence-electron chi connectivity index (χ4n) is 3.32. The van der Waals surface area contributed by atoms with E-state index in [1.54, 1.807) is 0 Å². The number of alkyl halides is 21. The molecule has 0 aliphatic rings. The van der Waals surface area contributed by atoms with Gasteiger partial charge in [-0.05, 0) is 27.2 Å². The smallest absolute Gasteiger partial charge is 0.374 e. The second-order valence-corrected chi connectivity index (χ2v) is 11.7. The topological polar surface area (TPSA) is 56.8 Å². The highest BCUT2D eigenvalue weighted by Crippen LogP contribution is 2.66. The fourth-order valence-corrected chi connectivity index (χ4v) is 5.93. The number of rotatable bonds is 19. The Bertz CT molecular complexity index is 1050. The van der Waals surface area contributed by atoms with Crippen LogP contribution in [-0.2, 0) is 18.1 Å². The van der Waals surface area contributed by atoms with Crippen LogP contribution in [0.2, 0.25) is 6.04 Å². The molecule has 0 saturated heterocycles. The van der Waals surface area contributed by atoms with Crippen molar-refractivity contribution in [2.24, 2.45) is 0 Å². The summed E-state index contributed by atoms with van der Waals surface area (Å²) >= 11 is 0. The molecule has 0 heterocycles. The fraction of sp³-hybridized carbons (Fsp3) is 0.950. The third-order valence-electron chi connectivity index (χ3n) is 5.83. The molecular formula is C20H22F21NO4Si. The van der Waals surface area contributed by atoms with E-state index in [-0.39, 0.29) is 19.8 Å². The molecule has 0 aromatic heterocycles. The summed E-state index contributed by atoms with van der Waals surface area (Å²) < 4.78 is 298. The van der Waals surface area contributed by atoms with E-state index in [1.165, 1.54) is 20.8 Å². The molecule has 1 amide bonds. The monoisotopic (exact) mass is 767 g/mol. The quantitative estimate of drug-likeness (QED) is 0.0828. The van der Waals surface area contributed by atoms with Gasteiger partial charge >= 0.3 is 68.3 Å². The minimum Gasteiger partial charge on any atom is -0.374 e. The maximum Gasteiger partial charge on any atom is 0.500 e. The van der Waals surface area contributed by atoms with E-state index in [2.05, 4.69) is 0 Å². The lowest BCUT2D eigenvalue weighted by Gasteiger charge is -2.44. The summed E-state index contributed by atoms with van der Waals surface area (Å²) in [6, 6.07) is -0.452. The Morgan fingerprint density at radius 2 is 0.766 bits per heavy atom. The Labute approximate surface area is 250 Å². The molecular weight excluding hydrogens is 745 g/mol. The standard InChI is InChI=1S/C20H22F21NO4Si/c1-4-44-47(45-5-2,46-6-3)9-7-8-42-10(43)11(21,22)12(23,24)13(25,26)14(27,28)15(29,30)16(31,32)17(33,34)18(35,36)19(37,38)20(39,40)41/h4-9H2,1-3H3,(H,42,43). The Morgan fingerprint density at radius 1 is 0.489 bits per heavy atom. The maximum atomic E-state index is 14.1. The average Bonchev–Trinajstić information content (AvgIpc) is 2.89. The maximum absolute atomic E-state index is 14.1. The molecule has 0 rings (SSSR count). The van der Waals surface area contributed by atoms with Crippen LogP contribution in [0.3, 0.4) is 0 Å². The predicted molar refractivity (Wildman–Crippen MR) is 114 cm³/mol. The molecule has 5 nitrogen and oxygen atoms in total. The van der Waals surface area contributed by atoms with Crippen LogP contribution in [0.4, 0.5) is 92.2 Å². The van der Waals surface area contributed by atoms with Crippen molar-refractivity contribution in [3.8, 4) is 0 Å². The van der Waals surface area contributed by atoms with Gasteiger partial charge in [-0.25, -0.2) is 0 Å². The Balaban J connectivity index is 6.55. The van der Waals surface area contributed by atoms with Gasteiger partial charge < -0.3 is 18.6 Å². The molecule has 0 aliphatic carbocycles. The van der Waals surface area contributed by atoms with Crippen LogP contribution in [0.25, 0.3) is 0 Å². The van der Waals surface area contributed by atoms with E-state index in [4.69, 9.17) is 13.3 Å². The lowest BCUT2D eigenvalue weighted by molar-refractivity contribution is -0.472. The van der Waals surface area contributed by atoms with Crippen molar-refractivity contribution in [3.63, 3.8) is 0 Å². The van der Waals surface area contributed by atoms with Gasteiger partial charge in [0.25, 0.3) is 5.91 Å². The first kappa shape index (κ1) is 45.1. The largest absolute Gasteiger partial charge is 0.500 e. The zero-order valence-electron chi connectivity index (χ0n) is 23.3. The predicted octanol–water partition coefficient (Wildman–Crippen LogP) is 7.82. The normalized spacial score (nSPS) is 15.7. The van der Waals surface area contributed by atoms with Crippen LogP contribution in [0.15, 0.2) is 0 Å². The molecule has 0 saturated carbocycles. The molecule has 27 heteroatoms. The van der Waals surface area contributed by atoms with Crippen molar-refractivity contribution in [1.82, 2.24) is 5.32 Å². The van der Waals surface area contributed by atoms with Crippen molar-refractivity contribution in [3.05, 3.63) is 0 Å². The first-order chi connectivity index (χ1) is 20.6. The van der Waals surface area contributed by atoms with Crippen molar-refractivity contribution < 1.29 is 110 Å². The van der Waals surface area contributed by atoms with Crippen LogP contribution >= 0.6 is 0 Å². The van der Waals surface area contributed by atoms with Crippen molar-refractivity contribution >= 4 is 14.7 Å². The summed E-state index contributed by atoms with van der Waals surface area (Å²) in [4.78, 5) is 11.6. The van der Waals surface area contributed by atoms with Gasteiger partial charge in [-0.15, -0.1) is 0 Å². The molecule has 47 heavy (non-hydrogen) atoms. The number of amides is 1. The van der Waals surface area contributed by atoms with E-state index >= 15 is 0 Å². The highest BCUT2D eigenvalue weighted by molar-refractivity contribution is 6.60. The number of nitrogens with one attached hydrogen (secondary N) is 1. The molecule has 0 fully saturated rings. The van der Waals surface area contributed by atoms with Crippen LogP contribution in [0, 0.1) is 0 Å². The van der Waals surface area contributed by atoms with Crippen LogP contribution < -0.4 is 5.32 Å². The summed E-state index contributed by atoms with van der Waals surface area (Å²) in [5.74, 6) is -82.6. The Kier molecular flexibility index (Phi) is 13.2. The second-order valence-electron chi connectivity index (χ2n) is 9.01. The van der Waals surface area contributed by atoms with Crippen LogP contribution in [-0.4, -0.2) is 101 Å². The molecule has 282 valence electrons. The zero-order valence-corrected chi connectivity index (χ0v) is 24.3. The van der Waals surface area contributed by atoms with Crippen LogP contribution in [0.5, 0.6) is 0 Å². The minimum absolute atomic E-state index is 0.107. The third kappa shape index (κ3) is 7.08. The summed E-state index contributed by atoms with van der Waals surface area (Å²) in [6.45, 7) is 2.61. The number of carbonyl (C=O) groups excluding carboxylic acids is 1. The Morgan fingerprint density at radius 3 is 1.04 bits per heavy atom. The van der Waals surface area contributed by atoms with E-state index in [0.29, 0.717) is 0 Å². The molecule has 0 bridgehead atoms. The molecule has 1 N–H and O–H groups in total. The lowest BCUT2D eigenvalue weighted by Crippen LogP contribution is -2.77. The highest BCUT2D eigenvalue weighted by Gasteiger charge is 2.98. The summed E-state index contributed by atoms with van der Waals surface area (Å²) in [7, 11) is -3.68. The van der Waals surface area contributed by atoms with Gasteiger partial charge in [0, 0.05) is 32.4 Å². The number of halogens is 21. The summed E-state index contributed by atoms with van der Waals surface area (Å²) in [6.07, 6.45) is -8.73. The van der Waals surface area contributed by atoms with Gasteiger partial charge in [0.2, 0.25) is 0 Å². The summed E-state index contributed by atoms with van der Waals surface area (Å²) in [5, 5.41) is 0.759.